The Morgan fingerprint density at radius 3 is 2.43 bits per heavy atom. The van der Waals surface area contributed by atoms with Crippen LogP contribution in [0.5, 0.6) is 0 Å². The Bertz CT molecular complexity index is 859. The number of hydrogen-bond donors (Lipinski definition) is 2. The summed E-state index contributed by atoms with van der Waals surface area (Å²) in [5.41, 5.74) is 14.3. The van der Waals surface area contributed by atoms with E-state index in [4.69, 9.17) is 16.0 Å². The van der Waals surface area contributed by atoms with Gasteiger partial charge in [0, 0.05) is 24.1 Å². The predicted octanol–water partition coefficient (Wildman–Crippen LogP) is -0.0242. The fourth-order valence-corrected chi connectivity index (χ4v) is 2.92. The minimum absolute atomic E-state index is 0.122. The summed E-state index contributed by atoms with van der Waals surface area (Å²) in [6, 6.07) is 4.19. The van der Waals surface area contributed by atoms with Crippen LogP contribution in [0.1, 0.15) is 19.4 Å². The first-order chi connectivity index (χ1) is 13.2. The fourth-order valence-electron chi connectivity index (χ4n) is 2.92. The van der Waals surface area contributed by atoms with Gasteiger partial charge < -0.3 is 21.3 Å². The van der Waals surface area contributed by atoms with Crippen LogP contribution in [-0.2, 0) is 25.7 Å². The SMILES string of the molecule is C[C@@H](N)[C@H]1C(=O)N[C@@H]1[C@@H](C)C(=O)C(=[N+]=[N-])C(=O)OCc1ccc([N+](=O)[O-])cc1. The Morgan fingerprint density at radius 2 is 1.96 bits per heavy atom. The van der Waals surface area contributed by atoms with Crippen molar-refractivity contribution in [2.75, 3.05) is 0 Å². The average Bonchev–Trinajstić information content (AvgIpc) is 2.63. The van der Waals surface area contributed by atoms with Gasteiger partial charge in [0.15, 0.2) is 0 Å². The molecule has 1 saturated heterocycles. The summed E-state index contributed by atoms with van der Waals surface area (Å²) in [6.45, 7) is 2.84. The van der Waals surface area contributed by atoms with Crippen LogP contribution in [0.2, 0.25) is 0 Å². The number of hydrogen-bond acceptors (Lipinski definition) is 7. The molecule has 1 heterocycles. The van der Waals surface area contributed by atoms with Crippen LogP contribution in [-0.4, -0.2) is 45.2 Å². The molecule has 1 aliphatic rings. The van der Waals surface area contributed by atoms with Gasteiger partial charge in [0.2, 0.25) is 5.91 Å². The van der Waals surface area contributed by atoms with Crippen molar-refractivity contribution in [3.05, 3.63) is 45.5 Å². The maximum Gasteiger partial charge on any atom is 0.441 e. The number of rotatable bonds is 8. The number of ketones is 1. The van der Waals surface area contributed by atoms with E-state index in [9.17, 15) is 24.5 Å². The molecule has 0 bridgehead atoms. The predicted molar refractivity (Wildman–Crippen MR) is 94.8 cm³/mol. The van der Waals surface area contributed by atoms with Gasteiger partial charge >= 0.3 is 11.7 Å². The number of nitro groups is 1. The molecule has 0 saturated carbocycles. The maximum absolute atomic E-state index is 12.5. The summed E-state index contributed by atoms with van der Waals surface area (Å²) in [5, 5.41) is 13.2. The number of amides is 1. The van der Waals surface area contributed by atoms with Crippen LogP contribution in [0, 0.1) is 22.0 Å². The Kier molecular flexibility index (Phi) is 6.34. The molecule has 1 fully saturated rings. The summed E-state index contributed by atoms with van der Waals surface area (Å²) in [7, 11) is 0. The molecule has 0 aromatic heterocycles. The second-order valence-corrected chi connectivity index (χ2v) is 6.52. The zero-order valence-corrected chi connectivity index (χ0v) is 15.2. The van der Waals surface area contributed by atoms with Crippen molar-refractivity contribution < 1.29 is 28.8 Å². The molecule has 3 N–H and O–H groups in total. The van der Waals surface area contributed by atoms with E-state index < -0.39 is 46.3 Å². The number of esters is 1. The molecule has 1 aromatic carbocycles. The van der Waals surface area contributed by atoms with Gasteiger partial charge in [-0.15, -0.1) is 0 Å². The van der Waals surface area contributed by atoms with Crippen molar-refractivity contribution in [1.82, 2.24) is 5.32 Å². The molecule has 0 aliphatic carbocycles. The van der Waals surface area contributed by atoms with Gasteiger partial charge in [0.05, 0.1) is 16.9 Å². The number of β-lactam (4-membered cyclic amide) rings is 1. The first kappa shape index (κ1) is 20.9. The number of carbonyl (C=O) groups is 3. The lowest BCUT2D eigenvalue weighted by Gasteiger charge is -2.41. The fraction of sp³-hybridized carbons (Fsp3) is 0.412. The molecule has 11 heteroatoms. The number of ether oxygens (including phenoxy) is 1. The van der Waals surface area contributed by atoms with E-state index in [1.54, 1.807) is 6.92 Å². The van der Waals surface area contributed by atoms with E-state index in [2.05, 4.69) is 10.1 Å². The number of nitrogens with zero attached hydrogens (tertiary/aromatic N) is 3. The van der Waals surface area contributed by atoms with Crippen molar-refractivity contribution >= 4 is 29.1 Å². The van der Waals surface area contributed by atoms with E-state index in [-0.39, 0.29) is 18.2 Å². The van der Waals surface area contributed by atoms with E-state index >= 15 is 0 Å². The molecule has 2 rings (SSSR count). The average molecular weight is 389 g/mol. The van der Waals surface area contributed by atoms with Gasteiger partial charge in [-0.05, 0) is 24.6 Å². The molecule has 1 aromatic rings. The Morgan fingerprint density at radius 1 is 1.36 bits per heavy atom. The van der Waals surface area contributed by atoms with Gasteiger partial charge in [0.25, 0.3) is 11.5 Å². The minimum atomic E-state index is -1.15. The van der Waals surface area contributed by atoms with Gasteiger partial charge in [0.1, 0.15) is 6.61 Å². The van der Waals surface area contributed by atoms with Crippen molar-refractivity contribution in [2.45, 2.75) is 32.5 Å². The minimum Gasteiger partial charge on any atom is -0.452 e. The Hall–Kier alpha value is -3.43. The van der Waals surface area contributed by atoms with E-state index in [1.807, 2.05) is 0 Å². The third kappa shape index (κ3) is 4.27. The first-order valence-corrected chi connectivity index (χ1v) is 8.40. The van der Waals surface area contributed by atoms with Gasteiger partial charge in [-0.1, -0.05) is 6.92 Å². The summed E-state index contributed by atoms with van der Waals surface area (Å²) < 4.78 is 4.95. The quantitative estimate of drug-likeness (QED) is 0.0916. The number of carbonyl (C=O) groups excluding carboxylic acids is 3. The van der Waals surface area contributed by atoms with E-state index in [0.717, 1.165) is 0 Å². The summed E-state index contributed by atoms with van der Waals surface area (Å²) in [6.07, 6.45) is 0. The third-order valence-corrected chi connectivity index (χ3v) is 4.56. The molecule has 1 amide bonds. The topological polar surface area (TPSA) is 178 Å². The molecule has 0 radical (unpaired) electrons. The van der Waals surface area contributed by atoms with Gasteiger partial charge in [-0.2, -0.15) is 4.79 Å². The number of nitrogens with two attached hydrogens (primary N) is 1. The normalized spacial score (nSPS) is 20.0. The van der Waals surface area contributed by atoms with Crippen molar-refractivity contribution in [3.63, 3.8) is 0 Å². The number of nitro benzene ring substituents is 1. The summed E-state index contributed by atoms with van der Waals surface area (Å²) >= 11 is 0. The smallest absolute Gasteiger partial charge is 0.441 e. The molecular formula is C17H19N5O6. The van der Waals surface area contributed by atoms with Crippen molar-refractivity contribution in [2.24, 2.45) is 17.6 Å². The number of benzene rings is 1. The number of nitrogens with one attached hydrogen (secondary N) is 1. The van der Waals surface area contributed by atoms with Crippen LogP contribution in [0.3, 0.4) is 0 Å². The van der Waals surface area contributed by atoms with Gasteiger partial charge in [-0.25, -0.2) is 4.79 Å². The van der Waals surface area contributed by atoms with Crippen LogP contribution in [0.15, 0.2) is 24.3 Å². The first-order valence-electron chi connectivity index (χ1n) is 8.40. The Labute approximate surface area is 159 Å². The highest BCUT2D eigenvalue weighted by Crippen LogP contribution is 2.25. The number of Topliss-reactive ketones (excluding diaryl/α,β-unsaturated/α-hetero) is 1. The lowest BCUT2D eigenvalue weighted by molar-refractivity contribution is -0.384. The van der Waals surface area contributed by atoms with Gasteiger partial charge in [-0.3, -0.25) is 19.7 Å². The second kappa shape index (κ2) is 8.51. The second-order valence-electron chi connectivity index (χ2n) is 6.52. The molecule has 11 nitrogen and oxygen atoms in total. The highest BCUT2D eigenvalue weighted by atomic mass is 16.6. The molecule has 4 atom stereocenters. The van der Waals surface area contributed by atoms with Crippen LogP contribution >= 0.6 is 0 Å². The van der Waals surface area contributed by atoms with Crippen molar-refractivity contribution in [3.8, 4) is 0 Å². The highest BCUT2D eigenvalue weighted by molar-refractivity contribution is 6.62. The lowest BCUT2D eigenvalue weighted by atomic mass is 9.76. The molecule has 1 aliphatic heterocycles. The standard InChI is InChI=1S/C17H19N5O6/c1-8(13-12(9(2)18)16(24)20-13)15(23)14(21-19)17(25)28-7-10-3-5-11(6-4-10)22(26)27/h3-6,8-9,12-13H,7,18H2,1-2H3,(H,20,24)/t8-,9-,12-,13-/m1/s1. The molecule has 28 heavy (non-hydrogen) atoms. The van der Waals surface area contributed by atoms with E-state index in [0.29, 0.717) is 5.56 Å². The third-order valence-electron chi connectivity index (χ3n) is 4.56. The zero-order valence-electron chi connectivity index (χ0n) is 15.2. The summed E-state index contributed by atoms with van der Waals surface area (Å²) in [5.74, 6) is -3.68. The molecule has 0 spiro atoms. The van der Waals surface area contributed by atoms with E-state index in [1.165, 1.54) is 31.2 Å². The molecular weight excluding hydrogens is 370 g/mol. The maximum atomic E-state index is 12.5. The van der Waals surface area contributed by atoms with Crippen molar-refractivity contribution in [1.29, 1.82) is 0 Å². The number of non-ortho nitro benzene ring substituents is 1. The zero-order chi connectivity index (χ0) is 21.0. The van der Waals surface area contributed by atoms with Crippen LogP contribution in [0.4, 0.5) is 5.69 Å². The Balaban J connectivity index is 2.00. The van der Waals surface area contributed by atoms with Crippen LogP contribution in [0.25, 0.3) is 5.53 Å². The molecule has 148 valence electrons. The monoisotopic (exact) mass is 389 g/mol. The highest BCUT2D eigenvalue weighted by Gasteiger charge is 2.49. The molecule has 0 unspecified atom stereocenters. The summed E-state index contributed by atoms with van der Waals surface area (Å²) in [4.78, 5) is 49.0. The lowest BCUT2D eigenvalue weighted by Crippen LogP contribution is -2.67. The largest absolute Gasteiger partial charge is 0.452 e. The van der Waals surface area contributed by atoms with Crippen LogP contribution < -0.4 is 11.1 Å².